The maximum absolute atomic E-state index is 12.3. The van der Waals surface area contributed by atoms with Crippen molar-refractivity contribution in [2.75, 3.05) is 11.9 Å². The van der Waals surface area contributed by atoms with Crippen LogP contribution in [0.2, 0.25) is 5.02 Å². The Hall–Kier alpha value is -0.900. The smallest absolute Gasteiger partial charge is 0.384 e. The Balaban J connectivity index is 2.84. The number of hydrogen-bond donors (Lipinski definition) is 1. The van der Waals surface area contributed by atoms with Gasteiger partial charge in [-0.3, -0.25) is 0 Å². The minimum absolute atomic E-state index is 0.0653. The molecular weight excluding hydrogens is 239 g/mol. The molecule has 89 valence electrons. The van der Waals surface area contributed by atoms with Crippen LogP contribution in [0.15, 0.2) is 18.2 Å². The van der Waals surface area contributed by atoms with Crippen molar-refractivity contribution in [3.8, 4) is 0 Å². The first-order chi connectivity index (χ1) is 7.30. The van der Waals surface area contributed by atoms with Crippen molar-refractivity contribution < 1.29 is 13.2 Å². The molecule has 0 aliphatic carbocycles. The first kappa shape index (κ1) is 13.2. The van der Waals surface area contributed by atoms with Gasteiger partial charge in [0.1, 0.15) is 0 Å². The Kier molecular flexibility index (Phi) is 4.08. The summed E-state index contributed by atoms with van der Waals surface area (Å²) in [6.07, 6.45) is -4.36. The lowest BCUT2D eigenvalue weighted by molar-refractivity contribution is -0.137. The van der Waals surface area contributed by atoms with E-state index in [-0.39, 0.29) is 10.9 Å². The molecule has 0 fully saturated rings. The van der Waals surface area contributed by atoms with E-state index in [1.807, 2.05) is 6.92 Å². The van der Waals surface area contributed by atoms with Crippen LogP contribution in [0, 0.1) is 12.8 Å². The second kappa shape index (κ2) is 4.95. The molecule has 0 bridgehead atoms. The molecule has 1 nitrogen and oxygen atoms in total. The largest absolute Gasteiger partial charge is 0.416 e. The van der Waals surface area contributed by atoms with E-state index in [0.717, 1.165) is 12.1 Å². The maximum atomic E-state index is 12.3. The maximum Gasteiger partial charge on any atom is 0.416 e. The molecule has 0 heterocycles. The Bertz CT molecular complexity index is 361. The van der Waals surface area contributed by atoms with Crippen molar-refractivity contribution in [1.82, 2.24) is 0 Å². The fraction of sp³-hybridized carbons (Fsp3) is 0.364. The van der Waals surface area contributed by atoms with Gasteiger partial charge in [-0.1, -0.05) is 18.5 Å². The molecule has 1 rings (SSSR count). The summed E-state index contributed by atoms with van der Waals surface area (Å²) in [4.78, 5) is 0. The van der Waals surface area contributed by atoms with E-state index >= 15 is 0 Å². The zero-order chi connectivity index (χ0) is 12.3. The molecule has 1 N–H and O–H groups in total. The molecule has 0 spiro atoms. The van der Waals surface area contributed by atoms with E-state index in [1.54, 1.807) is 0 Å². The molecule has 16 heavy (non-hydrogen) atoms. The Labute approximate surface area is 97.6 Å². The Morgan fingerprint density at radius 2 is 2.06 bits per heavy atom. The van der Waals surface area contributed by atoms with Crippen LogP contribution in [0.25, 0.3) is 0 Å². The highest BCUT2D eigenvalue weighted by molar-refractivity contribution is 6.33. The molecule has 1 unspecified atom stereocenters. The predicted molar refractivity (Wildman–Crippen MR) is 59.5 cm³/mol. The van der Waals surface area contributed by atoms with Crippen LogP contribution < -0.4 is 5.32 Å². The van der Waals surface area contributed by atoms with Gasteiger partial charge in [0.25, 0.3) is 0 Å². The van der Waals surface area contributed by atoms with Crippen molar-refractivity contribution in [2.45, 2.75) is 13.1 Å². The lowest BCUT2D eigenvalue weighted by Crippen LogP contribution is -2.10. The molecule has 0 aliphatic heterocycles. The Morgan fingerprint density at radius 1 is 1.44 bits per heavy atom. The third-order valence-electron chi connectivity index (χ3n) is 1.94. The van der Waals surface area contributed by atoms with E-state index in [2.05, 4.69) is 12.2 Å². The summed E-state index contributed by atoms with van der Waals surface area (Å²) >= 11 is 5.74. The molecule has 5 heteroatoms. The highest BCUT2D eigenvalue weighted by Gasteiger charge is 2.30. The lowest BCUT2D eigenvalue weighted by atomic mass is 10.2. The average molecular weight is 251 g/mol. The zero-order valence-electron chi connectivity index (χ0n) is 8.74. The SMILES string of the molecule is [CH2]C(C)CNc1ccc(C(F)(F)F)cc1Cl. The standard InChI is InChI=1S/C11H12ClF3N/c1-7(2)6-16-10-4-3-8(5-9(10)12)11(13,14)15/h3-5,7,16H,1,6H2,2H3. The zero-order valence-corrected chi connectivity index (χ0v) is 9.49. The molecule has 1 aromatic rings. The normalized spacial score (nSPS) is 11.9. The van der Waals surface area contributed by atoms with Gasteiger partial charge in [0.2, 0.25) is 0 Å². The Morgan fingerprint density at radius 3 is 2.50 bits per heavy atom. The van der Waals surface area contributed by atoms with Crippen LogP contribution in [-0.2, 0) is 6.18 Å². The van der Waals surface area contributed by atoms with Crippen molar-refractivity contribution in [1.29, 1.82) is 0 Å². The predicted octanol–water partition coefficient (Wildman–Crippen LogP) is 4.24. The molecule has 1 radical (unpaired) electrons. The third-order valence-corrected chi connectivity index (χ3v) is 2.25. The van der Waals surface area contributed by atoms with Gasteiger partial charge < -0.3 is 5.32 Å². The van der Waals surface area contributed by atoms with Crippen molar-refractivity contribution in [3.05, 3.63) is 35.7 Å². The van der Waals surface area contributed by atoms with E-state index in [9.17, 15) is 13.2 Å². The third kappa shape index (κ3) is 3.59. The molecular formula is C11H12ClF3N. The summed E-state index contributed by atoms with van der Waals surface area (Å²) in [5.74, 6) is 0.151. The fourth-order valence-corrected chi connectivity index (χ4v) is 1.37. The van der Waals surface area contributed by atoms with Crippen LogP contribution in [0.5, 0.6) is 0 Å². The first-order valence-corrected chi connectivity index (χ1v) is 5.12. The van der Waals surface area contributed by atoms with Crippen LogP contribution in [0.1, 0.15) is 12.5 Å². The van der Waals surface area contributed by atoms with E-state index in [0.29, 0.717) is 12.2 Å². The van der Waals surface area contributed by atoms with Crippen LogP contribution in [0.3, 0.4) is 0 Å². The lowest BCUT2D eigenvalue weighted by Gasteiger charge is -2.12. The minimum Gasteiger partial charge on any atom is -0.384 e. The number of alkyl halides is 3. The summed E-state index contributed by atoms with van der Waals surface area (Å²) < 4.78 is 37.0. The van der Waals surface area contributed by atoms with E-state index in [4.69, 9.17) is 11.6 Å². The van der Waals surface area contributed by atoms with Gasteiger partial charge in [0.05, 0.1) is 16.3 Å². The number of hydrogen-bond acceptors (Lipinski definition) is 1. The van der Waals surface area contributed by atoms with Gasteiger partial charge >= 0.3 is 6.18 Å². The average Bonchev–Trinajstić information content (AvgIpc) is 2.14. The first-order valence-electron chi connectivity index (χ1n) is 4.74. The number of benzene rings is 1. The quantitative estimate of drug-likeness (QED) is 0.846. The van der Waals surface area contributed by atoms with E-state index < -0.39 is 11.7 Å². The molecule has 1 aromatic carbocycles. The minimum atomic E-state index is -4.36. The second-order valence-corrected chi connectivity index (χ2v) is 4.09. The number of anilines is 1. The number of halogens is 4. The number of rotatable bonds is 3. The van der Waals surface area contributed by atoms with E-state index in [1.165, 1.54) is 6.07 Å². The molecule has 1 atom stereocenters. The summed E-state index contributed by atoms with van der Waals surface area (Å²) in [5.41, 5.74) is -0.254. The van der Waals surface area contributed by atoms with Crippen LogP contribution in [-0.4, -0.2) is 6.54 Å². The monoisotopic (exact) mass is 250 g/mol. The van der Waals surface area contributed by atoms with Crippen molar-refractivity contribution in [2.24, 2.45) is 5.92 Å². The van der Waals surface area contributed by atoms with Gasteiger partial charge in [0, 0.05) is 6.54 Å². The summed E-state index contributed by atoms with van der Waals surface area (Å²) in [7, 11) is 0. The highest BCUT2D eigenvalue weighted by atomic mass is 35.5. The van der Waals surface area contributed by atoms with Gasteiger partial charge in [0.15, 0.2) is 0 Å². The van der Waals surface area contributed by atoms with Crippen molar-refractivity contribution in [3.63, 3.8) is 0 Å². The second-order valence-electron chi connectivity index (χ2n) is 3.68. The highest BCUT2D eigenvalue weighted by Crippen LogP contribution is 2.33. The summed E-state index contributed by atoms with van der Waals surface area (Å²) in [5, 5.41) is 2.99. The molecule has 0 amide bonds. The summed E-state index contributed by atoms with van der Waals surface area (Å²) in [6.45, 7) is 6.21. The van der Waals surface area contributed by atoms with Crippen LogP contribution >= 0.6 is 11.6 Å². The molecule has 0 aromatic heterocycles. The van der Waals surface area contributed by atoms with Gasteiger partial charge in [-0.15, -0.1) is 0 Å². The number of nitrogens with one attached hydrogen (secondary N) is 1. The van der Waals surface area contributed by atoms with Crippen molar-refractivity contribution >= 4 is 17.3 Å². The fourth-order valence-electron chi connectivity index (χ4n) is 1.12. The van der Waals surface area contributed by atoms with Crippen LogP contribution in [0.4, 0.5) is 18.9 Å². The topological polar surface area (TPSA) is 12.0 Å². The van der Waals surface area contributed by atoms with Gasteiger partial charge in [-0.25, -0.2) is 0 Å². The molecule has 0 saturated carbocycles. The summed E-state index contributed by atoms with van der Waals surface area (Å²) in [6, 6.07) is 3.24. The molecule has 0 saturated heterocycles. The van der Waals surface area contributed by atoms with Gasteiger partial charge in [-0.2, -0.15) is 13.2 Å². The molecule has 0 aliphatic rings. The van der Waals surface area contributed by atoms with Gasteiger partial charge in [-0.05, 0) is 31.0 Å².